The van der Waals surface area contributed by atoms with Crippen LogP contribution < -0.4 is 10.5 Å². The Morgan fingerprint density at radius 3 is 2.76 bits per heavy atom. The number of nitrogens with two attached hydrogens (primary N) is 1. The Bertz CT molecular complexity index is 483. The summed E-state index contributed by atoms with van der Waals surface area (Å²) >= 11 is 0. The largest absolute Gasteiger partial charge is 0.491 e. The first-order valence-electron chi connectivity index (χ1n) is 7.62. The molecule has 2 fully saturated rings. The molecule has 0 aromatic heterocycles. The van der Waals surface area contributed by atoms with Gasteiger partial charge in [-0.05, 0) is 43.5 Å². The maximum absolute atomic E-state index is 12.3. The third kappa shape index (κ3) is 3.54. The number of benzene rings is 1. The van der Waals surface area contributed by atoms with Crippen molar-refractivity contribution in [2.24, 2.45) is 5.73 Å². The van der Waals surface area contributed by atoms with E-state index in [0.717, 1.165) is 38.2 Å². The van der Waals surface area contributed by atoms with Crippen LogP contribution in [0.1, 0.15) is 29.6 Å². The molecule has 2 atom stereocenters. The highest BCUT2D eigenvalue weighted by molar-refractivity contribution is 5.94. The summed E-state index contributed by atoms with van der Waals surface area (Å²) in [5.74, 6) is 0.828. The molecule has 114 valence electrons. The summed E-state index contributed by atoms with van der Waals surface area (Å²) in [6.45, 7) is 2.81. The van der Waals surface area contributed by atoms with Gasteiger partial charge in [0.15, 0.2) is 0 Å². The molecule has 2 aliphatic rings. The molecule has 2 heterocycles. The lowest BCUT2D eigenvalue weighted by molar-refractivity contribution is 0.0679. The molecule has 5 heteroatoms. The lowest BCUT2D eigenvalue weighted by Gasteiger charge is -2.16. The molecule has 1 aromatic carbocycles. The van der Waals surface area contributed by atoms with Crippen LogP contribution in [0.3, 0.4) is 0 Å². The van der Waals surface area contributed by atoms with Crippen molar-refractivity contribution in [2.75, 3.05) is 26.3 Å². The number of amides is 1. The summed E-state index contributed by atoms with van der Waals surface area (Å²) in [4.78, 5) is 14.1. The zero-order valence-corrected chi connectivity index (χ0v) is 12.2. The summed E-state index contributed by atoms with van der Waals surface area (Å²) in [5.41, 5.74) is 6.53. The number of carbonyl (C=O) groups excluding carboxylic acids is 1. The number of hydrogen-bond donors (Lipinski definition) is 1. The van der Waals surface area contributed by atoms with E-state index in [1.54, 1.807) is 0 Å². The van der Waals surface area contributed by atoms with Crippen LogP contribution in [0.25, 0.3) is 0 Å². The van der Waals surface area contributed by atoms with E-state index < -0.39 is 0 Å². The first-order valence-corrected chi connectivity index (χ1v) is 7.62. The Morgan fingerprint density at radius 1 is 1.33 bits per heavy atom. The summed E-state index contributed by atoms with van der Waals surface area (Å²) < 4.78 is 11.2. The van der Waals surface area contributed by atoms with Gasteiger partial charge in [-0.3, -0.25) is 4.79 Å². The van der Waals surface area contributed by atoms with Crippen LogP contribution in [-0.2, 0) is 4.74 Å². The van der Waals surface area contributed by atoms with Crippen LogP contribution >= 0.6 is 0 Å². The van der Waals surface area contributed by atoms with Crippen molar-refractivity contribution in [3.8, 4) is 5.75 Å². The third-order valence-corrected chi connectivity index (χ3v) is 4.07. The van der Waals surface area contributed by atoms with Gasteiger partial charge in [0.2, 0.25) is 0 Å². The van der Waals surface area contributed by atoms with Crippen LogP contribution in [0.5, 0.6) is 5.75 Å². The molecule has 2 saturated heterocycles. The molecular weight excluding hydrogens is 268 g/mol. The molecule has 2 aliphatic heterocycles. The molecular formula is C16H22N2O3. The van der Waals surface area contributed by atoms with E-state index in [-0.39, 0.29) is 18.1 Å². The van der Waals surface area contributed by atoms with E-state index in [9.17, 15) is 4.79 Å². The Morgan fingerprint density at radius 2 is 2.14 bits per heavy atom. The topological polar surface area (TPSA) is 64.8 Å². The van der Waals surface area contributed by atoms with E-state index in [1.165, 1.54) is 0 Å². The molecule has 0 aliphatic carbocycles. The van der Waals surface area contributed by atoms with Gasteiger partial charge < -0.3 is 20.1 Å². The average molecular weight is 290 g/mol. The van der Waals surface area contributed by atoms with Crippen molar-refractivity contribution in [3.63, 3.8) is 0 Å². The number of hydrogen-bond acceptors (Lipinski definition) is 4. The molecule has 0 spiro atoms. The van der Waals surface area contributed by atoms with Gasteiger partial charge in [0.1, 0.15) is 12.4 Å². The average Bonchev–Trinajstić information content (AvgIpc) is 3.16. The fourth-order valence-electron chi connectivity index (χ4n) is 2.81. The van der Waals surface area contributed by atoms with E-state index in [4.69, 9.17) is 15.2 Å². The quantitative estimate of drug-likeness (QED) is 0.911. The Hall–Kier alpha value is -1.59. The molecule has 3 rings (SSSR count). The second kappa shape index (κ2) is 6.45. The van der Waals surface area contributed by atoms with Crippen molar-refractivity contribution in [2.45, 2.75) is 31.4 Å². The highest BCUT2D eigenvalue weighted by Gasteiger charge is 2.24. The Labute approximate surface area is 125 Å². The normalized spacial score (nSPS) is 25.3. The van der Waals surface area contributed by atoms with Crippen LogP contribution in [0.2, 0.25) is 0 Å². The Kier molecular flexibility index (Phi) is 4.41. The second-order valence-electron chi connectivity index (χ2n) is 5.77. The van der Waals surface area contributed by atoms with E-state index in [1.807, 2.05) is 29.2 Å². The monoisotopic (exact) mass is 290 g/mol. The Balaban J connectivity index is 1.54. The highest BCUT2D eigenvalue weighted by atomic mass is 16.5. The minimum atomic E-state index is 0.0497. The minimum absolute atomic E-state index is 0.0497. The van der Waals surface area contributed by atoms with Gasteiger partial charge in [0.05, 0.1) is 6.10 Å². The van der Waals surface area contributed by atoms with Gasteiger partial charge in [0.25, 0.3) is 5.91 Å². The van der Waals surface area contributed by atoms with E-state index in [2.05, 4.69) is 0 Å². The maximum Gasteiger partial charge on any atom is 0.253 e. The van der Waals surface area contributed by atoms with Crippen LogP contribution in [-0.4, -0.2) is 49.3 Å². The number of rotatable bonds is 4. The van der Waals surface area contributed by atoms with Gasteiger partial charge in [0, 0.05) is 31.3 Å². The molecule has 0 bridgehead atoms. The van der Waals surface area contributed by atoms with Gasteiger partial charge in [-0.25, -0.2) is 0 Å². The van der Waals surface area contributed by atoms with Crippen LogP contribution in [0.4, 0.5) is 0 Å². The fourth-order valence-corrected chi connectivity index (χ4v) is 2.81. The van der Waals surface area contributed by atoms with Gasteiger partial charge in [-0.15, -0.1) is 0 Å². The number of ether oxygens (including phenoxy) is 2. The summed E-state index contributed by atoms with van der Waals surface area (Å²) in [6, 6.07) is 7.44. The molecule has 1 amide bonds. The zero-order valence-electron chi connectivity index (χ0n) is 12.2. The standard InChI is InChI=1S/C16H22N2O3/c17-13-7-8-18(10-13)16(19)12-3-5-14(6-4-12)21-11-15-2-1-9-20-15/h3-6,13,15H,1-2,7-11,17H2/t13-,15+/m0/s1. The molecule has 1 aromatic rings. The van der Waals surface area contributed by atoms with Gasteiger partial charge in [-0.2, -0.15) is 0 Å². The molecule has 0 saturated carbocycles. The number of likely N-dealkylation sites (tertiary alicyclic amines) is 1. The maximum atomic E-state index is 12.3. The lowest BCUT2D eigenvalue weighted by atomic mass is 10.2. The van der Waals surface area contributed by atoms with Crippen molar-refractivity contribution < 1.29 is 14.3 Å². The smallest absolute Gasteiger partial charge is 0.253 e. The summed E-state index contributed by atoms with van der Waals surface area (Å²) in [7, 11) is 0. The first kappa shape index (κ1) is 14.4. The highest BCUT2D eigenvalue weighted by Crippen LogP contribution is 2.18. The van der Waals surface area contributed by atoms with E-state index >= 15 is 0 Å². The molecule has 0 unspecified atom stereocenters. The number of carbonyl (C=O) groups is 1. The minimum Gasteiger partial charge on any atom is -0.491 e. The molecule has 0 radical (unpaired) electrons. The van der Waals surface area contributed by atoms with Crippen molar-refractivity contribution in [3.05, 3.63) is 29.8 Å². The molecule has 2 N–H and O–H groups in total. The predicted octanol–water partition coefficient (Wildman–Crippen LogP) is 1.42. The van der Waals surface area contributed by atoms with Gasteiger partial charge >= 0.3 is 0 Å². The number of nitrogens with zero attached hydrogens (tertiary/aromatic N) is 1. The lowest BCUT2D eigenvalue weighted by Crippen LogP contribution is -2.31. The fraction of sp³-hybridized carbons (Fsp3) is 0.562. The SMILES string of the molecule is N[C@H]1CCN(C(=O)c2ccc(OC[C@H]3CCCO3)cc2)C1. The molecule has 21 heavy (non-hydrogen) atoms. The third-order valence-electron chi connectivity index (χ3n) is 4.07. The predicted molar refractivity (Wildman–Crippen MR) is 79.4 cm³/mol. The van der Waals surface area contributed by atoms with Crippen molar-refractivity contribution in [1.29, 1.82) is 0 Å². The van der Waals surface area contributed by atoms with Crippen molar-refractivity contribution >= 4 is 5.91 Å². The molecule has 5 nitrogen and oxygen atoms in total. The first-order chi connectivity index (χ1) is 10.2. The van der Waals surface area contributed by atoms with Crippen LogP contribution in [0, 0.1) is 0 Å². The van der Waals surface area contributed by atoms with Crippen molar-refractivity contribution in [1.82, 2.24) is 4.90 Å². The summed E-state index contributed by atoms with van der Waals surface area (Å²) in [6.07, 6.45) is 3.26. The van der Waals surface area contributed by atoms with E-state index in [0.29, 0.717) is 18.7 Å². The zero-order chi connectivity index (χ0) is 14.7. The summed E-state index contributed by atoms with van der Waals surface area (Å²) in [5, 5.41) is 0. The second-order valence-corrected chi connectivity index (χ2v) is 5.77. The van der Waals surface area contributed by atoms with Gasteiger partial charge in [-0.1, -0.05) is 0 Å². The van der Waals surface area contributed by atoms with Crippen LogP contribution in [0.15, 0.2) is 24.3 Å².